The van der Waals surface area contributed by atoms with Crippen LogP contribution in [-0.4, -0.2) is 62.6 Å². The van der Waals surface area contributed by atoms with Crippen molar-refractivity contribution in [2.45, 2.75) is 6.42 Å². The van der Waals surface area contributed by atoms with E-state index in [0.29, 0.717) is 36.9 Å². The minimum atomic E-state index is -0.567. The summed E-state index contributed by atoms with van der Waals surface area (Å²) in [7, 11) is 0. The lowest BCUT2D eigenvalue weighted by atomic mass is 10.1. The molecule has 0 unspecified atom stereocenters. The van der Waals surface area contributed by atoms with Gasteiger partial charge in [0.25, 0.3) is 5.56 Å². The molecule has 1 saturated heterocycles. The lowest BCUT2D eigenvalue weighted by molar-refractivity contribution is -0.134. The van der Waals surface area contributed by atoms with Crippen LogP contribution in [0.25, 0.3) is 11.0 Å². The van der Waals surface area contributed by atoms with Gasteiger partial charge in [0.1, 0.15) is 10.8 Å². The van der Waals surface area contributed by atoms with Crippen molar-refractivity contribution in [3.05, 3.63) is 50.5 Å². The van der Waals surface area contributed by atoms with Crippen LogP contribution >= 0.6 is 11.3 Å². The average molecular weight is 415 g/mol. The number of carbonyl (C=O) groups excluding carboxylic acids is 2. The largest absolute Gasteiger partial charge is 0.504 e. The number of ketones is 1. The first kappa shape index (κ1) is 19.0. The minimum absolute atomic E-state index is 0.0620. The number of anilines is 1. The predicted octanol–water partition coefficient (Wildman–Crippen LogP) is 0.0987. The van der Waals surface area contributed by atoms with Gasteiger partial charge >= 0.3 is 0 Å². The van der Waals surface area contributed by atoms with Crippen LogP contribution in [0.1, 0.15) is 10.6 Å². The number of nitrogen functional groups attached to an aromatic ring is 1. The molecule has 3 heterocycles. The number of nitrogens with zero attached hydrogens (tertiary/aromatic N) is 4. The molecule has 2 aromatic heterocycles. The standard InChI is InChI=1S/C18H17N5O5S/c19-16-11(7-10-1-2-12(24)13(25)8-10)17(27)20-18-23(16)21-14(29-18)9-15(26)22-3-5-28-6-4-22/h1-2,7-8,25H,3-6,9,19H2/b10-7+. The molecule has 2 aromatic rings. The smallest absolute Gasteiger partial charge is 0.283 e. The molecular weight excluding hydrogens is 398 g/mol. The Bertz CT molecular complexity index is 1150. The lowest BCUT2D eigenvalue weighted by Crippen LogP contribution is -2.41. The van der Waals surface area contributed by atoms with E-state index in [2.05, 4.69) is 10.1 Å². The Morgan fingerprint density at radius 2 is 2.07 bits per heavy atom. The molecular formula is C18H17N5O5S. The van der Waals surface area contributed by atoms with E-state index in [4.69, 9.17) is 10.5 Å². The highest BCUT2D eigenvalue weighted by atomic mass is 32.1. The number of amides is 1. The maximum absolute atomic E-state index is 12.4. The van der Waals surface area contributed by atoms with Gasteiger partial charge < -0.3 is 20.5 Å². The molecule has 1 aliphatic heterocycles. The summed E-state index contributed by atoms with van der Waals surface area (Å²) in [4.78, 5) is 42.2. The second kappa shape index (κ2) is 7.60. The van der Waals surface area contributed by atoms with Crippen molar-refractivity contribution >= 4 is 39.9 Å². The Hall–Kier alpha value is -3.31. The van der Waals surface area contributed by atoms with Crippen molar-refractivity contribution < 1.29 is 19.4 Å². The number of allylic oxidation sites excluding steroid dienone is 4. The molecule has 0 radical (unpaired) electrons. The van der Waals surface area contributed by atoms with E-state index in [0.717, 1.165) is 11.3 Å². The van der Waals surface area contributed by atoms with E-state index in [9.17, 15) is 19.5 Å². The average Bonchev–Trinajstić information content (AvgIpc) is 3.11. The van der Waals surface area contributed by atoms with E-state index in [-0.39, 0.29) is 28.7 Å². The maximum atomic E-state index is 12.4. The normalized spacial score (nSPS) is 18.5. The summed E-state index contributed by atoms with van der Waals surface area (Å²) < 4.78 is 6.57. The van der Waals surface area contributed by atoms with E-state index in [1.54, 1.807) is 4.90 Å². The molecule has 3 N–H and O–H groups in total. The van der Waals surface area contributed by atoms with E-state index in [1.807, 2.05) is 0 Å². The van der Waals surface area contributed by atoms with E-state index < -0.39 is 17.1 Å². The summed E-state index contributed by atoms with van der Waals surface area (Å²) in [5.41, 5.74) is 6.06. The quantitative estimate of drug-likeness (QED) is 0.719. The molecule has 1 amide bonds. The van der Waals surface area contributed by atoms with Gasteiger partial charge in [-0.3, -0.25) is 14.4 Å². The lowest BCUT2D eigenvalue weighted by Gasteiger charge is -2.26. The molecule has 2 aliphatic rings. The van der Waals surface area contributed by atoms with Crippen molar-refractivity contribution in [1.82, 2.24) is 19.5 Å². The molecule has 0 atom stereocenters. The van der Waals surface area contributed by atoms with Gasteiger partial charge in [0.05, 0.1) is 25.2 Å². The Kier molecular flexibility index (Phi) is 4.99. The molecule has 29 heavy (non-hydrogen) atoms. The second-order valence-corrected chi connectivity index (χ2v) is 7.49. The number of aliphatic hydroxyl groups is 1. The van der Waals surface area contributed by atoms with Crippen molar-refractivity contribution in [2.75, 3.05) is 32.0 Å². The molecule has 0 saturated carbocycles. The van der Waals surface area contributed by atoms with Crippen LogP contribution in [0.15, 0.2) is 34.4 Å². The summed E-state index contributed by atoms with van der Waals surface area (Å²) in [5, 5.41) is 14.4. The fourth-order valence-corrected chi connectivity index (χ4v) is 3.86. The summed E-state index contributed by atoms with van der Waals surface area (Å²) in [6.07, 6.45) is 5.40. The molecule has 4 rings (SSSR count). The maximum Gasteiger partial charge on any atom is 0.283 e. The third-order valence-corrected chi connectivity index (χ3v) is 5.40. The van der Waals surface area contributed by atoms with Crippen molar-refractivity contribution in [2.24, 2.45) is 0 Å². The molecule has 0 spiro atoms. The molecule has 10 nitrogen and oxygen atoms in total. The number of morpholine rings is 1. The highest BCUT2D eigenvalue weighted by molar-refractivity contribution is 7.16. The highest BCUT2D eigenvalue weighted by Gasteiger charge is 2.20. The Balaban J connectivity index is 1.65. The van der Waals surface area contributed by atoms with E-state index >= 15 is 0 Å². The van der Waals surface area contributed by atoms with Crippen molar-refractivity contribution in [1.29, 1.82) is 0 Å². The third kappa shape index (κ3) is 3.82. The van der Waals surface area contributed by atoms with Gasteiger partial charge in [-0.05, 0) is 23.8 Å². The molecule has 0 bridgehead atoms. The number of nitrogens with two attached hydrogens (primary N) is 1. The first-order chi connectivity index (χ1) is 13.9. The van der Waals surface area contributed by atoms with Gasteiger partial charge in [-0.2, -0.15) is 14.6 Å². The van der Waals surface area contributed by atoms with Crippen molar-refractivity contribution in [3.8, 4) is 0 Å². The van der Waals surface area contributed by atoms with Crippen LogP contribution in [0.2, 0.25) is 0 Å². The van der Waals surface area contributed by atoms with Gasteiger partial charge in [0, 0.05) is 13.1 Å². The number of hydrogen-bond acceptors (Lipinski definition) is 9. The second-order valence-electron chi connectivity index (χ2n) is 6.45. The molecule has 11 heteroatoms. The molecule has 1 aliphatic carbocycles. The number of aliphatic hydroxyl groups excluding tert-OH is 1. The zero-order valence-corrected chi connectivity index (χ0v) is 16.0. The fraction of sp³-hybridized carbons (Fsp3) is 0.278. The van der Waals surface area contributed by atoms with Gasteiger partial charge in [-0.25, -0.2) is 0 Å². The minimum Gasteiger partial charge on any atom is -0.504 e. The Labute approximate surface area is 168 Å². The number of hydrogen-bond donors (Lipinski definition) is 2. The fourth-order valence-electron chi connectivity index (χ4n) is 2.97. The number of ether oxygens (including phenoxy) is 1. The predicted molar refractivity (Wildman–Crippen MR) is 105 cm³/mol. The molecule has 150 valence electrons. The highest BCUT2D eigenvalue weighted by Crippen LogP contribution is 2.21. The van der Waals surface area contributed by atoms with Gasteiger partial charge in [0.2, 0.25) is 16.7 Å². The number of aromatic nitrogens is 3. The SMILES string of the molecule is Nc1c(/C=C2\C=CC(=O)C(O)=C2)c(=O)nc2sc(CC(=O)N3CCOCC3)nn12. The van der Waals surface area contributed by atoms with Crippen LogP contribution in [-0.2, 0) is 20.7 Å². The molecule has 0 aromatic carbocycles. The summed E-state index contributed by atoms with van der Waals surface area (Å²) in [6.45, 7) is 2.10. The zero-order chi connectivity index (χ0) is 20.5. The number of fused-ring (bicyclic) bond motifs is 1. The number of rotatable bonds is 3. The van der Waals surface area contributed by atoms with Gasteiger partial charge in [0.15, 0.2) is 5.76 Å². The zero-order valence-electron chi connectivity index (χ0n) is 15.2. The summed E-state index contributed by atoms with van der Waals surface area (Å²) >= 11 is 1.12. The topological polar surface area (TPSA) is 140 Å². The third-order valence-electron chi connectivity index (χ3n) is 4.49. The first-order valence-corrected chi connectivity index (χ1v) is 9.62. The monoisotopic (exact) mass is 415 g/mol. The van der Waals surface area contributed by atoms with Gasteiger partial charge in [-0.1, -0.05) is 17.4 Å². The van der Waals surface area contributed by atoms with Crippen LogP contribution in [0.5, 0.6) is 0 Å². The van der Waals surface area contributed by atoms with Crippen molar-refractivity contribution in [3.63, 3.8) is 0 Å². The van der Waals surface area contributed by atoms with E-state index in [1.165, 1.54) is 28.8 Å². The van der Waals surface area contributed by atoms with Crippen LogP contribution in [0.4, 0.5) is 5.82 Å². The first-order valence-electron chi connectivity index (χ1n) is 8.81. The molecule has 1 fully saturated rings. The van der Waals surface area contributed by atoms with Crippen LogP contribution in [0.3, 0.4) is 0 Å². The Morgan fingerprint density at radius 1 is 1.31 bits per heavy atom. The Morgan fingerprint density at radius 3 is 2.79 bits per heavy atom. The number of carbonyl (C=O) groups is 2. The van der Waals surface area contributed by atoms with Crippen LogP contribution < -0.4 is 11.3 Å². The summed E-state index contributed by atoms with van der Waals surface area (Å²) in [6, 6.07) is 0. The summed E-state index contributed by atoms with van der Waals surface area (Å²) in [5.74, 6) is -0.959. The van der Waals surface area contributed by atoms with Gasteiger partial charge in [-0.15, -0.1) is 0 Å². The van der Waals surface area contributed by atoms with Crippen LogP contribution in [0, 0.1) is 0 Å².